The summed E-state index contributed by atoms with van der Waals surface area (Å²) >= 11 is 0. The van der Waals surface area contributed by atoms with Gasteiger partial charge in [-0.3, -0.25) is 0 Å². The zero-order valence-electron chi connectivity index (χ0n) is 17.0. The van der Waals surface area contributed by atoms with Gasteiger partial charge in [-0.15, -0.1) is 0 Å². The highest BCUT2D eigenvalue weighted by atomic mass is 16.5. The lowest BCUT2D eigenvalue weighted by atomic mass is 9.65. The van der Waals surface area contributed by atoms with Gasteiger partial charge in [0.25, 0.3) is 0 Å². The lowest BCUT2D eigenvalue weighted by Crippen LogP contribution is -2.36. The summed E-state index contributed by atoms with van der Waals surface area (Å²) in [6, 6.07) is 14.1. The lowest BCUT2D eigenvalue weighted by Gasteiger charge is -2.40. The van der Waals surface area contributed by atoms with E-state index in [4.69, 9.17) is 4.74 Å². The number of rotatable bonds is 1. The summed E-state index contributed by atoms with van der Waals surface area (Å²) in [6.45, 7) is 9.81. The van der Waals surface area contributed by atoms with Gasteiger partial charge < -0.3 is 19.6 Å². The second-order valence-electron chi connectivity index (χ2n) is 8.68. The molecule has 1 fully saturated rings. The predicted octanol–water partition coefficient (Wildman–Crippen LogP) is 4.76. The number of nitrogens with zero attached hydrogens (tertiary/aromatic N) is 3. The van der Waals surface area contributed by atoms with Crippen LogP contribution in [0.25, 0.3) is 22.2 Å². The van der Waals surface area contributed by atoms with Gasteiger partial charge in [-0.1, -0.05) is 26.8 Å². The van der Waals surface area contributed by atoms with Crippen molar-refractivity contribution >= 4 is 16.6 Å². The van der Waals surface area contributed by atoms with Crippen molar-refractivity contribution in [3.8, 4) is 17.3 Å². The minimum atomic E-state index is -0.228. The molecule has 0 saturated carbocycles. The first-order valence-electron chi connectivity index (χ1n) is 10.2. The third-order valence-corrected chi connectivity index (χ3v) is 6.91. The molecule has 5 rings (SSSR count). The molecule has 29 heavy (non-hydrogen) atoms. The third-order valence-electron chi connectivity index (χ3n) is 6.91. The highest BCUT2D eigenvalue weighted by molar-refractivity contribution is 5.97. The second-order valence-corrected chi connectivity index (χ2v) is 8.68. The Bertz CT molecular complexity index is 1160. The normalized spacial score (nSPS) is 20.2. The Hall–Kier alpha value is -2.97. The first kappa shape index (κ1) is 18.1. The van der Waals surface area contributed by atoms with Crippen molar-refractivity contribution in [2.24, 2.45) is 0 Å². The number of ether oxygens (including phenoxy) is 1. The standard InChI is InChI=1S/C24H24N3O2/c1-15-19-12-16(14-25)4-6-18(19)23-22(24(15,2)3)20-13-17(5-7-21(20)27(23)28)26-8-10-29-11-9-26/h4-7,12-13,15H,8-11H2,1-3H3/q-1. The molecule has 3 aromatic rings. The molecule has 2 heterocycles. The van der Waals surface area contributed by atoms with Gasteiger partial charge in [-0.25, -0.2) is 0 Å². The van der Waals surface area contributed by atoms with Crippen LogP contribution in [0.5, 0.6) is 0 Å². The molecule has 0 spiro atoms. The summed E-state index contributed by atoms with van der Waals surface area (Å²) < 4.78 is 6.58. The quantitative estimate of drug-likeness (QED) is 0.605. The van der Waals surface area contributed by atoms with E-state index in [0.717, 1.165) is 64.5 Å². The number of hydrogen-bond acceptors (Lipinski definition) is 4. The van der Waals surface area contributed by atoms with Crippen molar-refractivity contribution in [2.45, 2.75) is 32.1 Å². The van der Waals surface area contributed by atoms with Crippen molar-refractivity contribution in [3.63, 3.8) is 0 Å². The van der Waals surface area contributed by atoms with Gasteiger partial charge >= 0.3 is 0 Å². The summed E-state index contributed by atoms with van der Waals surface area (Å²) in [7, 11) is 0. The minimum absolute atomic E-state index is 0.191. The lowest BCUT2D eigenvalue weighted by molar-refractivity contribution is 0.122. The van der Waals surface area contributed by atoms with Gasteiger partial charge in [-0.05, 0) is 52.8 Å². The topological polar surface area (TPSA) is 64.2 Å². The van der Waals surface area contributed by atoms with Gasteiger partial charge in [-0.2, -0.15) is 5.26 Å². The number of fused-ring (bicyclic) bond motifs is 5. The molecule has 2 aliphatic rings. The van der Waals surface area contributed by atoms with Gasteiger partial charge in [0.15, 0.2) is 0 Å². The van der Waals surface area contributed by atoms with E-state index < -0.39 is 0 Å². The Balaban J connectivity index is 1.79. The van der Waals surface area contributed by atoms with Crippen LogP contribution < -0.4 is 4.90 Å². The monoisotopic (exact) mass is 386 g/mol. The van der Waals surface area contributed by atoms with Crippen LogP contribution >= 0.6 is 0 Å². The molecule has 0 radical (unpaired) electrons. The van der Waals surface area contributed by atoms with Crippen molar-refractivity contribution < 1.29 is 4.74 Å². The summed E-state index contributed by atoms with van der Waals surface area (Å²) in [6.07, 6.45) is 0. The molecule has 5 nitrogen and oxygen atoms in total. The molecule has 0 N–H and O–H groups in total. The molecule has 1 unspecified atom stereocenters. The first-order valence-corrected chi connectivity index (χ1v) is 10.2. The molecule has 2 aromatic carbocycles. The highest BCUT2D eigenvalue weighted by Crippen LogP contribution is 2.54. The van der Waals surface area contributed by atoms with E-state index >= 15 is 0 Å². The maximum absolute atomic E-state index is 13.4. The molecule has 1 aliphatic heterocycles. The van der Waals surface area contributed by atoms with Crippen molar-refractivity contribution in [2.75, 3.05) is 31.2 Å². The summed E-state index contributed by atoms with van der Waals surface area (Å²) in [5.41, 5.74) is 6.14. The van der Waals surface area contributed by atoms with Crippen LogP contribution in [0.3, 0.4) is 0 Å². The molecule has 0 bridgehead atoms. The maximum Gasteiger partial charge on any atom is 0.0991 e. The van der Waals surface area contributed by atoms with E-state index in [1.807, 2.05) is 30.3 Å². The summed E-state index contributed by atoms with van der Waals surface area (Å²) in [5, 5.41) is 23.8. The molecule has 1 saturated heterocycles. The number of aromatic nitrogens is 1. The first-order chi connectivity index (χ1) is 13.9. The Morgan fingerprint density at radius 1 is 1.14 bits per heavy atom. The van der Waals surface area contributed by atoms with E-state index in [9.17, 15) is 10.5 Å². The molecule has 5 heteroatoms. The highest BCUT2D eigenvalue weighted by Gasteiger charge is 2.40. The predicted molar refractivity (Wildman–Crippen MR) is 115 cm³/mol. The Morgan fingerprint density at radius 2 is 1.90 bits per heavy atom. The zero-order chi connectivity index (χ0) is 20.3. The third kappa shape index (κ3) is 2.49. The fourth-order valence-electron chi connectivity index (χ4n) is 4.98. The number of anilines is 1. The van der Waals surface area contributed by atoms with Crippen LogP contribution in [0, 0.1) is 16.5 Å². The van der Waals surface area contributed by atoms with E-state index in [0.29, 0.717) is 11.1 Å². The molecule has 1 atom stereocenters. The second kappa shape index (κ2) is 6.27. The van der Waals surface area contributed by atoms with Crippen LogP contribution in [0.2, 0.25) is 0 Å². The average Bonchev–Trinajstić information content (AvgIpc) is 3.05. The van der Waals surface area contributed by atoms with Crippen LogP contribution in [-0.2, 0) is 10.2 Å². The van der Waals surface area contributed by atoms with Crippen molar-refractivity contribution in [1.82, 2.24) is 4.73 Å². The zero-order valence-corrected chi connectivity index (χ0v) is 17.0. The summed E-state index contributed by atoms with van der Waals surface area (Å²) in [4.78, 5) is 2.32. The average molecular weight is 386 g/mol. The Labute approximate surface area is 170 Å². The molecule has 1 aromatic heterocycles. The Kier molecular flexibility index (Phi) is 3.91. The van der Waals surface area contributed by atoms with E-state index in [1.165, 1.54) is 0 Å². The number of benzene rings is 2. The van der Waals surface area contributed by atoms with Crippen molar-refractivity contribution in [1.29, 1.82) is 5.26 Å². The number of nitriles is 1. The van der Waals surface area contributed by atoms with Gasteiger partial charge in [0, 0.05) is 40.9 Å². The van der Waals surface area contributed by atoms with Gasteiger partial charge in [0.1, 0.15) is 0 Å². The number of hydrogen-bond donors (Lipinski definition) is 0. The van der Waals surface area contributed by atoms with Crippen LogP contribution in [0.1, 0.15) is 43.4 Å². The molecule has 148 valence electrons. The van der Waals surface area contributed by atoms with E-state index in [1.54, 1.807) is 0 Å². The van der Waals surface area contributed by atoms with Crippen molar-refractivity contribution in [3.05, 3.63) is 58.3 Å². The summed E-state index contributed by atoms with van der Waals surface area (Å²) in [5.74, 6) is 0.191. The maximum atomic E-state index is 13.4. The minimum Gasteiger partial charge on any atom is -0.805 e. The molecular weight excluding hydrogens is 362 g/mol. The Morgan fingerprint density at radius 3 is 2.62 bits per heavy atom. The largest absolute Gasteiger partial charge is 0.805 e. The van der Waals surface area contributed by atoms with Crippen LogP contribution in [-0.4, -0.2) is 31.0 Å². The number of morpholine rings is 1. The van der Waals surface area contributed by atoms with Gasteiger partial charge in [0.2, 0.25) is 0 Å². The van der Waals surface area contributed by atoms with Gasteiger partial charge in [0.05, 0.1) is 24.8 Å². The van der Waals surface area contributed by atoms with E-state index in [2.05, 4.69) is 37.8 Å². The fraction of sp³-hybridized carbons (Fsp3) is 0.375. The SMILES string of the molecule is CC1c2cc(C#N)ccc2-c2c(c3cc(N4CCOCC4)ccc3n2[O-])C1(C)C. The molecular formula is C24H24N3O2-. The smallest absolute Gasteiger partial charge is 0.0991 e. The van der Waals surface area contributed by atoms with Crippen LogP contribution in [0.15, 0.2) is 36.4 Å². The molecule has 0 amide bonds. The van der Waals surface area contributed by atoms with Crippen LogP contribution in [0.4, 0.5) is 5.69 Å². The fourth-order valence-corrected chi connectivity index (χ4v) is 4.98. The molecule has 1 aliphatic carbocycles. The van der Waals surface area contributed by atoms with E-state index in [-0.39, 0.29) is 11.3 Å².